The second-order valence-electron chi connectivity index (χ2n) is 10.5. The number of aryl methyl sites for hydroxylation is 2. The van der Waals surface area contributed by atoms with E-state index in [0.29, 0.717) is 38.8 Å². The summed E-state index contributed by atoms with van der Waals surface area (Å²) in [6.45, 7) is 10.6. The summed E-state index contributed by atoms with van der Waals surface area (Å²) in [6, 6.07) is 5.08. The summed E-state index contributed by atoms with van der Waals surface area (Å²) in [5.74, 6) is -2.22. The third-order valence-electron chi connectivity index (χ3n) is 8.19. The highest BCUT2D eigenvalue weighted by molar-refractivity contribution is 6.05. The van der Waals surface area contributed by atoms with Crippen LogP contribution in [0.4, 0.5) is 5.69 Å². The van der Waals surface area contributed by atoms with Crippen molar-refractivity contribution in [3.05, 3.63) is 42.0 Å². The summed E-state index contributed by atoms with van der Waals surface area (Å²) < 4.78 is 11.9. The maximum absolute atomic E-state index is 14.5. The molecule has 3 aliphatic rings. The van der Waals surface area contributed by atoms with Gasteiger partial charge in [-0.3, -0.25) is 14.4 Å². The van der Waals surface area contributed by atoms with Gasteiger partial charge >= 0.3 is 5.97 Å². The van der Waals surface area contributed by atoms with Crippen LogP contribution in [0, 0.1) is 25.7 Å². The zero-order valence-electron chi connectivity index (χ0n) is 22.3. The first-order valence-electron chi connectivity index (χ1n) is 13.6. The molecule has 1 aromatic carbocycles. The lowest BCUT2D eigenvalue weighted by Gasteiger charge is -2.37. The molecular weight excluding hydrogens is 472 g/mol. The summed E-state index contributed by atoms with van der Waals surface area (Å²) in [6.07, 6.45) is 5.55. The molecule has 2 bridgehead atoms. The molecule has 3 fully saturated rings. The number of nitrogens with zero attached hydrogens (tertiary/aromatic N) is 2. The van der Waals surface area contributed by atoms with Crippen LogP contribution in [-0.2, 0) is 23.9 Å². The molecule has 3 aliphatic heterocycles. The third kappa shape index (κ3) is 4.70. The molecule has 2 amide bonds. The molecule has 1 aromatic rings. The van der Waals surface area contributed by atoms with Crippen molar-refractivity contribution in [1.82, 2.24) is 4.90 Å². The standard InChI is InChI=1S/C29H40N2O6/c1-5-16-30(24-19(3)12-11-13-20(24)4)27(34)25-29-15-14-21(37-29)22(28(35)36-6-2)23(29)26(33)31(25)17-9-7-8-10-18-32/h5,11-13,21-23,25,32H,1,6-10,14-18H2,2-4H3/t21-,22+,23+,25-,29+/m0/s1. The lowest BCUT2D eigenvalue weighted by molar-refractivity contribution is -0.154. The van der Waals surface area contributed by atoms with E-state index in [1.54, 1.807) is 22.8 Å². The minimum atomic E-state index is -1.04. The number of ether oxygens (including phenoxy) is 2. The van der Waals surface area contributed by atoms with Crippen LogP contribution in [-0.4, -0.2) is 71.8 Å². The molecule has 37 heavy (non-hydrogen) atoms. The SMILES string of the molecule is C=CCN(C(=O)[C@@H]1N(CCCCCCO)C(=O)[C@H]2[C@H](C(=O)OCC)[C@@H]3CC[C@]12O3)c1c(C)cccc1C. The van der Waals surface area contributed by atoms with Gasteiger partial charge in [-0.15, -0.1) is 6.58 Å². The fraction of sp³-hybridized carbons (Fsp3) is 0.621. The molecule has 8 heteroatoms. The van der Waals surface area contributed by atoms with Gasteiger partial charge < -0.3 is 24.4 Å². The van der Waals surface area contributed by atoms with Crippen molar-refractivity contribution in [2.24, 2.45) is 11.8 Å². The summed E-state index contributed by atoms with van der Waals surface area (Å²) in [4.78, 5) is 44.9. The Morgan fingerprint density at radius 3 is 2.59 bits per heavy atom. The highest BCUT2D eigenvalue weighted by Gasteiger charge is 2.75. The summed E-state index contributed by atoms with van der Waals surface area (Å²) in [5, 5.41) is 9.12. The number of amides is 2. The topological polar surface area (TPSA) is 96.4 Å². The molecule has 0 saturated carbocycles. The molecule has 1 spiro atoms. The molecular formula is C29H40N2O6. The van der Waals surface area contributed by atoms with E-state index in [4.69, 9.17) is 14.6 Å². The maximum atomic E-state index is 14.5. The molecule has 0 aromatic heterocycles. The van der Waals surface area contributed by atoms with E-state index in [9.17, 15) is 14.4 Å². The van der Waals surface area contributed by atoms with Gasteiger partial charge in [0.05, 0.1) is 24.5 Å². The number of likely N-dealkylation sites (tertiary alicyclic amines) is 1. The largest absolute Gasteiger partial charge is 0.466 e. The second kappa shape index (κ2) is 11.4. The van der Waals surface area contributed by atoms with Crippen molar-refractivity contribution in [2.45, 2.75) is 77.0 Å². The normalized spacial score (nSPS) is 27.9. The van der Waals surface area contributed by atoms with E-state index < -0.39 is 35.6 Å². The van der Waals surface area contributed by atoms with E-state index in [-0.39, 0.29) is 25.0 Å². The van der Waals surface area contributed by atoms with Crippen LogP contribution in [0.25, 0.3) is 0 Å². The summed E-state index contributed by atoms with van der Waals surface area (Å²) in [7, 11) is 0. The van der Waals surface area contributed by atoms with E-state index in [1.807, 2.05) is 32.0 Å². The molecule has 1 N–H and O–H groups in total. The molecule has 0 unspecified atom stereocenters. The Balaban J connectivity index is 1.73. The number of unbranched alkanes of at least 4 members (excludes halogenated alkanes) is 3. The van der Waals surface area contributed by atoms with Gasteiger partial charge in [-0.25, -0.2) is 0 Å². The van der Waals surface area contributed by atoms with Gasteiger partial charge in [-0.1, -0.05) is 37.1 Å². The Labute approximate surface area is 219 Å². The summed E-state index contributed by atoms with van der Waals surface area (Å²) in [5.41, 5.74) is 1.70. The number of carbonyl (C=O) groups excluding carboxylic acids is 3. The number of esters is 1. The second-order valence-corrected chi connectivity index (χ2v) is 10.5. The van der Waals surface area contributed by atoms with Gasteiger partial charge in [0, 0.05) is 25.4 Å². The first-order valence-corrected chi connectivity index (χ1v) is 13.6. The van der Waals surface area contributed by atoms with Crippen molar-refractivity contribution in [3.63, 3.8) is 0 Å². The first kappa shape index (κ1) is 27.3. The van der Waals surface area contributed by atoms with Crippen LogP contribution >= 0.6 is 0 Å². The highest BCUT2D eigenvalue weighted by atomic mass is 16.6. The van der Waals surface area contributed by atoms with Gasteiger partial charge in [0.1, 0.15) is 11.6 Å². The van der Waals surface area contributed by atoms with Crippen LogP contribution < -0.4 is 4.90 Å². The van der Waals surface area contributed by atoms with Crippen molar-refractivity contribution < 1.29 is 29.0 Å². The Morgan fingerprint density at radius 1 is 1.24 bits per heavy atom. The molecule has 4 rings (SSSR count). The zero-order chi connectivity index (χ0) is 26.7. The van der Waals surface area contributed by atoms with E-state index >= 15 is 0 Å². The zero-order valence-corrected chi connectivity index (χ0v) is 22.3. The molecule has 3 saturated heterocycles. The van der Waals surface area contributed by atoms with Gasteiger partial charge in [0.25, 0.3) is 5.91 Å². The Bertz CT molecular complexity index is 1020. The van der Waals surface area contributed by atoms with Crippen LogP contribution in [0.15, 0.2) is 30.9 Å². The van der Waals surface area contributed by atoms with Crippen LogP contribution in [0.1, 0.15) is 56.6 Å². The number of benzene rings is 1. The van der Waals surface area contributed by atoms with Gasteiger partial charge in [0.2, 0.25) is 5.91 Å². The number of anilines is 1. The number of aliphatic hydroxyl groups is 1. The van der Waals surface area contributed by atoms with Crippen LogP contribution in [0.3, 0.4) is 0 Å². The number of carbonyl (C=O) groups is 3. The smallest absolute Gasteiger partial charge is 0.312 e. The molecule has 202 valence electrons. The maximum Gasteiger partial charge on any atom is 0.312 e. The fourth-order valence-corrected chi connectivity index (χ4v) is 6.73. The van der Waals surface area contributed by atoms with Crippen molar-refractivity contribution >= 4 is 23.5 Å². The predicted molar refractivity (Wildman–Crippen MR) is 140 cm³/mol. The molecule has 8 nitrogen and oxygen atoms in total. The van der Waals surface area contributed by atoms with Gasteiger partial charge in [0.15, 0.2) is 0 Å². The third-order valence-corrected chi connectivity index (χ3v) is 8.19. The van der Waals surface area contributed by atoms with Crippen LogP contribution in [0.5, 0.6) is 0 Å². The fourth-order valence-electron chi connectivity index (χ4n) is 6.73. The molecule has 0 aliphatic carbocycles. The first-order chi connectivity index (χ1) is 17.8. The van der Waals surface area contributed by atoms with Crippen molar-refractivity contribution in [3.8, 4) is 0 Å². The minimum absolute atomic E-state index is 0.137. The van der Waals surface area contributed by atoms with E-state index in [1.165, 1.54) is 0 Å². The van der Waals surface area contributed by atoms with Gasteiger partial charge in [-0.05, 0) is 57.6 Å². The van der Waals surface area contributed by atoms with Gasteiger partial charge in [-0.2, -0.15) is 0 Å². The molecule has 0 radical (unpaired) electrons. The monoisotopic (exact) mass is 512 g/mol. The highest BCUT2D eigenvalue weighted by Crippen LogP contribution is 2.59. The predicted octanol–water partition coefficient (Wildman–Crippen LogP) is 3.31. The summed E-state index contributed by atoms with van der Waals surface area (Å²) >= 11 is 0. The molecule has 5 atom stereocenters. The minimum Gasteiger partial charge on any atom is -0.466 e. The van der Waals surface area contributed by atoms with E-state index in [2.05, 4.69) is 6.58 Å². The van der Waals surface area contributed by atoms with E-state index in [0.717, 1.165) is 29.7 Å². The molecule has 3 heterocycles. The lowest BCUT2D eigenvalue weighted by atomic mass is 9.70. The Morgan fingerprint density at radius 2 is 1.95 bits per heavy atom. The number of hydrogen-bond acceptors (Lipinski definition) is 6. The number of aliphatic hydroxyl groups excluding tert-OH is 1. The van der Waals surface area contributed by atoms with Crippen molar-refractivity contribution in [1.29, 1.82) is 0 Å². The Kier molecular flexibility index (Phi) is 8.39. The average molecular weight is 513 g/mol. The number of para-hydroxylation sites is 1. The lowest BCUT2D eigenvalue weighted by Crippen LogP contribution is -2.56. The number of hydrogen-bond donors (Lipinski definition) is 1. The number of rotatable bonds is 12. The van der Waals surface area contributed by atoms with Crippen LogP contribution in [0.2, 0.25) is 0 Å². The number of fused-ring (bicyclic) bond motifs is 1. The Hall–Kier alpha value is -2.71. The van der Waals surface area contributed by atoms with Crippen molar-refractivity contribution in [2.75, 3.05) is 31.2 Å². The quantitative estimate of drug-likeness (QED) is 0.262. The average Bonchev–Trinajstić information content (AvgIpc) is 3.50.